The van der Waals surface area contributed by atoms with Crippen LogP contribution in [0, 0.1) is 0 Å². The third-order valence-electron chi connectivity index (χ3n) is 7.75. The molecule has 0 saturated carbocycles. The van der Waals surface area contributed by atoms with Crippen LogP contribution in [0.3, 0.4) is 0 Å². The average molecular weight is 636 g/mol. The molecule has 13 heteroatoms. The van der Waals surface area contributed by atoms with Gasteiger partial charge in [-0.2, -0.15) is 0 Å². The van der Waals surface area contributed by atoms with Gasteiger partial charge in [-0.1, -0.05) is 80.4 Å². The minimum atomic E-state index is -1.02. The fraction of sp³-hybridized carbons (Fsp3) is 0.485. The van der Waals surface area contributed by atoms with Crippen molar-refractivity contribution in [2.45, 2.75) is 69.6 Å². The zero-order valence-corrected chi connectivity index (χ0v) is 26.6. The van der Waals surface area contributed by atoms with Crippen LogP contribution in [-0.4, -0.2) is 91.4 Å². The lowest BCUT2D eigenvalue weighted by Crippen LogP contribution is -2.59. The van der Waals surface area contributed by atoms with Crippen molar-refractivity contribution in [3.63, 3.8) is 0 Å². The van der Waals surface area contributed by atoms with E-state index in [2.05, 4.69) is 26.3 Å². The number of nitrogens with zero attached hydrogens (tertiary/aromatic N) is 2. The monoisotopic (exact) mass is 635 g/mol. The molecule has 10 N–H and O–H groups in total. The van der Waals surface area contributed by atoms with Gasteiger partial charge in [0.1, 0.15) is 18.1 Å². The maximum Gasteiger partial charge on any atom is 0.247 e. The lowest BCUT2D eigenvalue weighted by atomic mass is 10.0. The van der Waals surface area contributed by atoms with Gasteiger partial charge in [0.25, 0.3) is 0 Å². The average Bonchev–Trinajstić information content (AvgIpc) is 3.35. The van der Waals surface area contributed by atoms with E-state index >= 15 is 0 Å². The van der Waals surface area contributed by atoms with Crippen molar-refractivity contribution in [1.29, 1.82) is 0 Å². The molecule has 0 aliphatic carbocycles. The molecular formula is C33H49N9O4. The van der Waals surface area contributed by atoms with E-state index in [-0.39, 0.29) is 24.8 Å². The summed E-state index contributed by atoms with van der Waals surface area (Å²) in [7, 11) is 0. The van der Waals surface area contributed by atoms with E-state index in [4.69, 9.17) is 17.2 Å². The van der Waals surface area contributed by atoms with Crippen molar-refractivity contribution < 1.29 is 19.2 Å². The van der Waals surface area contributed by atoms with Gasteiger partial charge < -0.3 is 43.4 Å². The van der Waals surface area contributed by atoms with Gasteiger partial charge >= 0.3 is 0 Å². The van der Waals surface area contributed by atoms with Crippen LogP contribution in [0.5, 0.6) is 0 Å². The van der Waals surface area contributed by atoms with Gasteiger partial charge in [-0.05, 0) is 36.9 Å². The molecule has 3 rings (SSSR count). The fourth-order valence-corrected chi connectivity index (χ4v) is 5.19. The maximum atomic E-state index is 13.8. The minimum absolute atomic E-state index is 0.142. The highest BCUT2D eigenvalue weighted by Gasteiger charge is 2.32. The Morgan fingerprint density at radius 3 is 2.02 bits per heavy atom. The molecule has 1 heterocycles. The van der Waals surface area contributed by atoms with Crippen LogP contribution in [-0.2, 0) is 32.0 Å². The first kappa shape index (κ1) is 36.0. The lowest BCUT2D eigenvalue weighted by Gasteiger charge is -2.28. The summed E-state index contributed by atoms with van der Waals surface area (Å²) in [5, 5.41) is 11.7. The summed E-state index contributed by atoms with van der Waals surface area (Å²) in [5.74, 6) is -2.06. The highest BCUT2D eigenvalue weighted by molar-refractivity contribution is 5.95. The first-order valence-electron chi connectivity index (χ1n) is 16.0. The molecule has 1 saturated heterocycles. The molecule has 2 aromatic rings. The van der Waals surface area contributed by atoms with Gasteiger partial charge in [0.05, 0.1) is 12.6 Å². The molecule has 2 aromatic carbocycles. The normalized spacial score (nSPS) is 15.7. The van der Waals surface area contributed by atoms with Crippen molar-refractivity contribution in [2.75, 3.05) is 32.7 Å². The molecule has 4 unspecified atom stereocenters. The Morgan fingerprint density at radius 1 is 0.804 bits per heavy atom. The number of carbonyl (C=O) groups is 4. The Labute approximate surface area is 271 Å². The van der Waals surface area contributed by atoms with Crippen LogP contribution < -0.4 is 38.5 Å². The molecule has 0 spiro atoms. The highest BCUT2D eigenvalue weighted by atomic mass is 16.2. The number of carbonyl (C=O) groups excluding carboxylic acids is 4. The third-order valence-corrected chi connectivity index (χ3v) is 7.75. The number of aliphatic imine (C=N–C) groups is 1. The number of guanidine groups is 1. The predicted octanol–water partition coefficient (Wildman–Crippen LogP) is -0.461. The van der Waals surface area contributed by atoms with Gasteiger partial charge in [0.15, 0.2) is 5.96 Å². The summed E-state index contributed by atoms with van der Waals surface area (Å²) in [5.41, 5.74) is 19.0. The van der Waals surface area contributed by atoms with E-state index in [1.807, 2.05) is 67.6 Å². The molecule has 46 heavy (non-hydrogen) atoms. The summed E-state index contributed by atoms with van der Waals surface area (Å²) in [6.07, 6.45) is 2.99. The molecule has 0 radical (unpaired) electrons. The van der Waals surface area contributed by atoms with Crippen molar-refractivity contribution in [1.82, 2.24) is 26.2 Å². The summed E-state index contributed by atoms with van der Waals surface area (Å²) in [4.78, 5) is 59.8. The second-order valence-electron chi connectivity index (χ2n) is 11.5. The number of benzene rings is 2. The molecule has 0 bridgehead atoms. The van der Waals surface area contributed by atoms with Gasteiger partial charge in [-0.3, -0.25) is 24.2 Å². The Morgan fingerprint density at radius 2 is 1.39 bits per heavy atom. The molecule has 13 nitrogen and oxygen atoms in total. The Kier molecular flexibility index (Phi) is 15.0. The van der Waals surface area contributed by atoms with Crippen LogP contribution >= 0.6 is 0 Å². The zero-order chi connectivity index (χ0) is 33.3. The Balaban J connectivity index is 1.77. The van der Waals surface area contributed by atoms with Gasteiger partial charge in [-0.25, -0.2) is 0 Å². The van der Waals surface area contributed by atoms with Gasteiger partial charge in [-0.15, -0.1) is 0 Å². The van der Waals surface area contributed by atoms with Crippen molar-refractivity contribution in [2.24, 2.45) is 22.2 Å². The number of rotatable bonds is 16. The van der Waals surface area contributed by atoms with Crippen LogP contribution in [0.1, 0.15) is 43.7 Å². The largest absolute Gasteiger partial charge is 0.370 e. The molecular weight excluding hydrogens is 586 g/mol. The van der Waals surface area contributed by atoms with E-state index in [1.165, 1.54) is 0 Å². The number of unbranched alkanes of at least 4 members (excludes halogenated alkanes) is 1. The van der Waals surface area contributed by atoms with E-state index < -0.39 is 41.9 Å². The van der Waals surface area contributed by atoms with Gasteiger partial charge in [0, 0.05) is 26.1 Å². The smallest absolute Gasteiger partial charge is 0.247 e. The number of hydrogen-bond donors (Lipinski definition) is 7. The molecule has 4 amide bonds. The van der Waals surface area contributed by atoms with Crippen LogP contribution in [0.4, 0.5) is 0 Å². The number of hydrogen-bond acceptors (Lipinski definition) is 7. The summed E-state index contributed by atoms with van der Waals surface area (Å²) in [6.45, 7) is 4.27. The topological polar surface area (TPSA) is 210 Å². The molecule has 1 fully saturated rings. The Hall–Kier alpha value is -4.49. The van der Waals surface area contributed by atoms with Crippen molar-refractivity contribution >= 4 is 29.6 Å². The summed E-state index contributed by atoms with van der Waals surface area (Å²) >= 11 is 0. The van der Waals surface area contributed by atoms with E-state index in [9.17, 15) is 19.2 Å². The van der Waals surface area contributed by atoms with Gasteiger partial charge in [0.2, 0.25) is 23.6 Å². The summed E-state index contributed by atoms with van der Waals surface area (Å²) in [6, 6.07) is 14.8. The fourth-order valence-electron chi connectivity index (χ4n) is 5.19. The Bertz CT molecular complexity index is 1280. The third kappa shape index (κ3) is 12.1. The zero-order valence-electron chi connectivity index (χ0n) is 26.6. The van der Waals surface area contributed by atoms with Crippen molar-refractivity contribution in [3.8, 4) is 0 Å². The lowest BCUT2D eigenvalue weighted by molar-refractivity contribution is -0.137. The van der Waals surface area contributed by atoms with Crippen LogP contribution in [0.25, 0.3) is 0 Å². The quantitative estimate of drug-likeness (QED) is 0.0946. The second-order valence-corrected chi connectivity index (χ2v) is 11.5. The molecule has 250 valence electrons. The molecule has 1 aliphatic rings. The molecule has 1 aliphatic heterocycles. The number of nitrogens with one attached hydrogen (secondary N) is 4. The first-order chi connectivity index (χ1) is 22.2. The second kappa shape index (κ2) is 19.1. The standard InChI is InChI=1S/C33H49N9O4/c1-2-3-15-26(30(44)41-28(22-38-33(35)36)32(46)42-18-10-16-37-17-19-42)39-31(45)27(21-24-13-8-5-9-14-24)40-29(43)25(34)20-23-11-6-4-7-12-23/h4-9,11-14,25-28,37H,2-3,10,15-22,34H2,1H3,(H,39,45)(H,40,43)(H,41,44)(H4,35,36,38). The van der Waals surface area contributed by atoms with Crippen LogP contribution in [0.2, 0.25) is 0 Å². The van der Waals surface area contributed by atoms with E-state index in [0.29, 0.717) is 38.9 Å². The first-order valence-corrected chi connectivity index (χ1v) is 16.0. The van der Waals surface area contributed by atoms with Crippen LogP contribution in [0.15, 0.2) is 65.7 Å². The SMILES string of the molecule is CCCCC(NC(=O)C(Cc1ccccc1)NC(=O)C(N)Cc1ccccc1)C(=O)NC(CN=C(N)N)C(=O)N1CCCNCC1. The molecule has 0 aromatic heterocycles. The summed E-state index contributed by atoms with van der Waals surface area (Å²) < 4.78 is 0. The molecule has 4 atom stereocenters. The maximum absolute atomic E-state index is 13.8. The van der Waals surface area contributed by atoms with Crippen molar-refractivity contribution in [3.05, 3.63) is 71.8 Å². The number of amides is 4. The number of nitrogens with two attached hydrogens (primary N) is 3. The predicted molar refractivity (Wildman–Crippen MR) is 178 cm³/mol. The van der Waals surface area contributed by atoms with E-state index in [1.54, 1.807) is 4.90 Å². The highest BCUT2D eigenvalue weighted by Crippen LogP contribution is 2.09. The minimum Gasteiger partial charge on any atom is -0.370 e. The van der Waals surface area contributed by atoms with E-state index in [0.717, 1.165) is 30.5 Å².